The van der Waals surface area contributed by atoms with Gasteiger partial charge in [-0.3, -0.25) is 14.9 Å². The molecule has 0 radical (unpaired) electrons. The predicted octanol–water partition coefficient (Wildman–Crippen LogP) is 7.44. The minimum Gasteiger partial charge on any atom is -0.309 e. The van der Waals surface area contributed by atoms with Gasteiger partial charge in [0.25, 0.3) is 11.8 Å². The molecule has 0 spiro atoms. The number of aromatic nitrogens is 1. The molecule has 7 heteroatoms. The van der Waals surface area contributed by atoms with E-state index in [-0.39, 0.29) is 5.57 Å². The molecule has 4 aromatic carbocycles. The van der Waals surface area contributed by atoms with E-state index in [2.05, 4.69) is 9.88 Å². The number of amides is 4. The fourth-order valence-electron chi connectivity index (χ4n) is 5.03. The fourth-order valence-corrected chi connectivity index (χ4v) is 5.15. The lowest BCUT2D eigenvalue weighted by Gasteiger charge is -2.26. The van der Waals surface area contributed by atoms with E-state index in [9.17, 15) is 14.4 Å². The molecule has 1 saturated heterocycles. The van der Waals surface area contributed by atoms with Crippen molar-refractivity contribution >= 4 is 41.2 Å². The van der Waals surface area contributed by atoms with Gasteiger partial charge in [0, 0.05) is 16.3 Å². The molecule has 1 fully saturated rings. The molecule has 5 aromatic rings. The Morgan fingerprint density at radius 3 is 2.02 bits per heavy atom. The van der Waals surface area contributed by atoms with Crippen molar-refractivity contribution in [1.82, 2.24) is 9.88 Å². The maximum atomic E-state index is 13.7. The molecular formula is C34H24ClN3O3. The minimum absolute atomic E-state index is 0.142. The van der Waals surface area contributed by atoms with Gasteiger partial charge in [0.15, 0.2) is 0 Å². The second-order valence-electron chi connectivity index (χ2n) is 9.67. The highest BCUT2D eigenvalue weighted by Gasteiger charge is 2.37. The first-order chi connectivity index (χ1) is 19.9. The molecule has 6 rings (SSSR count). The van der Waals surface area contributed by atoms with Crippen LogP contribution in [-0.2, 0) is 9.59 Å². The fraction of sp³-hybridized carbons (Fsp3) is 0.0294. The topological polar surface area (TPSA) is 71.4 Å². The molecule has 1 aliphatic rings. The highest BCUT2D eigenvalue weighted by molar-refractivity contribution is 6.39. The van der Waals surface area contributed by atoms with Gasteiger partial charge in [-0.1, -0.05) is 84.4 Å². The van der Waals surface area contributed by atoms with Gasteiger partial charge < -0.3 is 4.57 Å². The van der Waals surface area contributed by atoms with E-state index < -0.39 is 17.8 Å². The lowest BCUT2D eigenvalue weighted by Crippen LogP contribution is -2.54. The van der Waals surface area contributed by atoms with Crippen molar-refractivity contribution < 1.29 is 14.4 Å². The van der Waals surface area contributed by atoms with Crippen molar-refractivity contribution in [2.45, 2.75) is 6.92 Å². The summed E-state index contributed by atoms with van der Waals surface area (Å²) >= 11 is 6.23. The van der Waals surface area contributed by atoms with Crippen molar-refractivity contribution in [1.29, 1.82) is 0 Å². The Hall–Kier alpha value is -5.20. The highest BCUT2D eigenvalue weighted by Crippen LogP contribution is 2.38. The van der Waals surface area contributed by atoms with Crippen LogP contribution < -0.4 is 10.2 Å². The molecular weight excluding hydrogens is 534 g/mol. The summed E-state index contributed by atoms with van der Waals surface area (Å²) in [6.45, 7) is 1.87. The van der Waals surface area contributed by atoms with Crippen LogP contribution in [0.4, 0.5) is 10.5 Å². The number of benzene rings is 4. The zero-order chi connectivity index (χ0) is 28.5. The van der Waals surface area contributed by atoms with Crippen LogP contribution in [0.5, 0.6) is 0 Å². The van der Waals surface area contributed by atoms with Crippen molar-refractivity contribution in [2.75, 3.05) is 4.90 Å². The highest BCUT2D eigenvalue weighted by atomic mass is 35.5. The van der Waals surface area contributed by atoms with E-state index in [4.69, 9.17) is 11.6 Å². The third kappa shape index (κ3) is 4.97. The van der Waals surface area contributed by atoms with Crippen LogP contribution in [0.15, 0.2) is 121 Å². The molecule has 4 amide bonds. The van der Waals surface area contributed by atoms with Crippen LogP contribution >= 0.6 is 11.6 Å². The smallest absolute Gasteiger partial charge is 0.309 e. The number of nitrogens with one attached hydrogen (secondary N) is 1. The number of halogens is 1. The minimum atomic E-state index is -0.783. The van der Waals surface area contributed by atoms with Crippen molar-refractivity contribution in [3.05, 3.63) is 137 Å². The number of barbiturate groups is 1. The van der Waals surface area contributed by atoms with E-state index in [1.165, 1.54) is 0 Å². The molecule has 1 N–H and O–H groups in total. The Morgan fingerprint density at radius 1 is 0.707 bits per heavy atom. The molecule has 200 valence electrons. The molecule has 41 heavy (non-hydrogen) atoms. The van der Waals surface area contributed by atoms with Crippen LogP contribution in [-0.4, -0.2) is 22.4 Å². The van der Waals surface area contributed by atoms with E-state index in [1.54, 1.807) is 24.3 Å². The molecule has 0 atom stereocenters. The molecule has 1 aromatic heterocycles. The van der Waals surface area contributed by atoms with Gasteiger partial charge in [0.1, 0.15) is 5.57 Å². The average Bonchev–Trinajstić information content (AvgIpc) is 3.36. The summed E-state index contributed by atoms with van der Waals surface area (Å²) in [5.41, 5.74) is 6.08. The number of nitrogens with zero attached hydrogens (tertiary/aromatic N) is 2. The summed E-state index contributed by atoms with van der Waals surface area (Å²) in [7, 11) is 0. The molecule has 0 bridgehead atoms. The lowest BCUT2D eigenvalue weighted by molar-refractivity contribution is -0.122. The second kappa shape index (κ2) is 10.8. The Bertz CT molecular complexity index is 1820. The predicted molar refractivity (Wildman–Crippen MR) is 162 cm³/mol. The lowest BCUT2D eigenvalue weighted by atomic mass is 10.0. The van der Waals surface area contributed by atoms with Gasteiger partial charge in [-0.15, -0.1) is 0 Å². The van der Waals surface area contributed by atoms with E-state index in [1.807, 2.05) is 104 Å². The van der Waals surface area contributed by atoms with Crippen molar-refractivity contribution in [3.63, 3.8) is 0 Å². The third-order valence-electron chi connectivity index (χ3n) is 6.89. The molecule has 0 unspecified atom stereocenters. The van der Waals surface area contributed by atoms with E-state index >= 15 is 0 Å². The monoisotopic (exact) mass is 557 g/mol. The first-order valence-electron chi connectivity index (χ1n) is 13.0. The number of carbonyl (C=O) groups is 3. The Kier molecular flexibility index (Phi) is 6.83. The number of rotatable bonds is 5. The zero-order valence-electron chi connectivity index (χ0n) is 22.0. The summed E-state index contributed by atoms with van der Waals surface area (Å²) in [5.74, 6) is -1.44. The Labute approximate surface area is 242 Å². The molecule has 6 nitrogen and oxygen atoms in total. The SMILES string of the molecule is Cc1cccc(N2C(=O)NC(=O)/C(=C\c3cc(-c4ccccc4)n(-c4ccc(Cl)cc4)c3-c3ccccc3)C2=O)c1. The van der Waals surface area contributed by atoms with Gasteiger partial charge in [0.2, 0.25) is 0 Å². The Balaban J connectivity index is 1.60. The molecule has 1 aliphatic heterocycles. The number of aryl methyl sites for hydroxylation is 1. The molecule has 0 saturated carbocycles. The molecule has 0 aliphatic carbocycles. The number of hydrogen-bond donors (Lipinski definition) is 1. The standard InChI is InChI=1S/C34H24ClN3O3/c1-22-9-8-14-28(19-22)38-33(40)29(32(39)36-34(38)41)20-25-21-30(23-10-4-2-5-11-23)37(27-17-15-26(35)16-18-27)31(25)24-12-6-3-7-13-24/h2-21H,1H3,(H,36,39,41)/b29-20+. The van der Waals surface area contributed by atoms with Crippen LogP contribution in [0.1, 0.15) is 11.1 Å². The summed E-state index contributed by atoms with van der Waals surface area (Å²) in [6.07, 6.45) is 1.56. The van der Waals surface area contributed by atoms with Gasteiger partial charge >= 0.3 is 6.03 Å². The van der Waals surface area contributed by atoms with Crippen LogP contribution in [0.3, 0.4) is 0 Å². The summed E-state index contributed by atoms with van der Waals surface area (Å²) < 4.78 is 2.09. The van der Waals surface area contributed by atoms with Crippen molar-refractivity contribution in [2.24, 2.45) is 0 Å². The van der Waals surface area contributed by atoms with Crippen LogP contribution in [0, 0.1) is 6.92 Å². The number of imide groups is 2. The summed E-state index contributed by atoms with van der Waals surface area (Å²) in [4.78, 5) is 40.6. The van der Waals surface area contributed by atoms with E-state index in [0.717, 1.165) is 38.7 Å². The first kappa shape index (κ1) is 26.0. The van der Waals surface area contributed by atoms with Gasteiger partial charge in [0.05, 0.1) is 17.1 Å². The largest absolute Gasteiger partial charge is 0.335 e. The van der Waals surface area contributed by atoms with Gasteiger partial charge in [-0.25, -0.2) is 9.69 Å². The second-order valence-corrected chi connectivity index (χ2v) is 10.1. The number of carbonyl (C=O) groups excluding carboxylic acids is 3. The average molecular weight is 558 g/mol. The van der Waals surface area contributed by atoms with Crippen LogP contribution in [0.25, 0.3) is 34.3 Å². The number of urea groups is 1. The maximum absolute atomic E-state index is 13.7. The van der Waals surface area contributed by atoms with E-state index in [0.29, 0.717) is 16.3 Å². The Morgan fingerprint density at radius 2 is 1.37 bits per heavy atom. The zero-order valence-corrected chi connectivity index (χ0v) is 22.8. The van der Waals surface area contributed by atoms with Crippen LogP contribution in [0.2, 0.25) is 5.02 Å². The summed E-state index contributed by atoms with van der Waals surface area (Å²) in [6, 6.07) is 35.3. The normalized spacial score (nSPS) is 14.4. The number of anilines is 1. The van der Waals surface area contributed by atoms with Gasteiger partial charge in [-0.05, 0) is 72.2 Å². The van der Waals surface area contributed by atoms with Gasteiger partial charge in [-0.2, -0.15) is 0 Å². The van der Waals surface area contributed by atoms with Crippen molar-refractivity contribution in [3.8, 4) is 28.2 Å². The summed E-state index contributed by atoms with van der Waals surface area (Å²) in [5, 5.41) is 2.94. The first-order valence-corrected chi connectivity index (χ1v) is 13.4. The number of hydrogen-bond acceptors (Lipinski definition) is 3. The maximum Gasteiger partial charge on any atom is 0.335 e. The molecule has 2 heterocycles. The quantitative estimate of drug-likeness (QED) is 0.180. The third-order valence-corrected chi connectivity index (χ3v) is 7.15.